The zero-order chi connectivity index (χ0) is 15.7. The van der Waals surface area contributed by atoms with Gasteiger partial charge >= 0.3 is 6.18 Å². The van der Waals surface area contributed by atoms with Crippen LogP contribution >= 0.6 is 0 Å². The average Bonchev–Trinajstić information content (AvgIpc) is 3.07. The van der Waals surface area contributed by atoms with E-state index in [1.807, 2.05) is 36.1 Å². The van der Waals surface area contributed by atoms with Crippen molar-refractivity contribution in [1.29, 1.82) is 0 Å². The van der Waals surface area contributed by atoms with E-state index in [1.165, 1.54) is 0 Å². The third-order valence-corrected chi connectivity index (χ3v) is 4.34. The van der Waals surface area contributed by atoms with Gasteiger partial charge in [0.05, 0.1) is 23.5 Å². The second kappa shape index (κ2) is 5.91. The summed E-state index contributed by atoms with van der Waals surface area (Å²) in [6.45, 7) is 3.60. The minimum Gasteiger partial charge on any atom is -0.327 e. The first-order valence-electron chi connectivity index (χ1n) is 7.75. The van der Waals surface area contributed by atoms with E-state index in [-0.39, 0.29) is 12.6 Å². The lowest BCUT2D eigenvalue weighted by atomic mass is 10.2. The van der Waals surface area contributed by atoms with Gasteiger partial charge < -0.3 is 4.57 Å². The second-order valence-corrected chi connectivity index (χ2v) is 5.76. The molecule has 1 aromatic heterocycles. The van der Waals surface area contributed by atoms with Crippen LogP contribution in [0, 0.1) is 0 Å². The topological polar surface area (TPSA) is 21.1 Å². The van der Waals surface area contributed by atoms with Crippen LogP contribution < -0.4 is 0 Å². The standard InChI is InChI=1S/C16H20F3N3/c1-2-22-13-7-4-3-6-12(13)20-15(22)14-8-5-10-21(14)11-9-16(17,18)19/h3-4,6-7,14H,2,5,8-11H2,1H3/t14-/m0/s1. The van der Waals surface area contributed by atoms with Crippen molar-refractivity contribution >= 4 is 11.0 Å². The molecule has 22 heavy (non-hydrogen) atoms. The molecule has 0 saturated carbocycles. The Morgan fingerprint density at radius 1 is 1.27 bits per heavy atom. The first-order chi connectivity index (χ1) is 10.5. The number of halogens is 3. The molecule has 120 valence electrons. The number of hydrogen-bond acceptors (Lipinski definition) is 2. The minimum atomic E-state index is -4.10. The van der Waals surface area contributed by atoms with Crippen molar-refractivity contribution in [3.63, 3.8) is 0 Å². The number of imidazole rings is 1. The molecule has 2 aromatic rings. The maximum absolute atomic E-state index is 12.5. The van der Waals surface area contributed by atoms with Crippen molar-refractivity contribution < 1.29 is 13.2 Å². The molecule has 1 aromatic carbocycles. The maximum atomic E-state index is 12.5. The lowest BCUT2D eigenvalue weighted by Crippen LogP contribution is -2.29. The number of hydrogen-bond donors (Lipinski definition) is 0. The van der Waals surface area contributed by atoms with Crippen LogP contribution in [-0.2, 0) is 6.54 Å². The number of fused-ring (bicyclic) bond motifs is 1. The fourth-order valence-corrected chi connectivity index (χ4v) is 3.34. The largest absolute Gasteiger partial charge is 0.390 e. The Morgan fingerprint density at radius 3 is 2.77 bits per heavy atom. The minimum absolute atomic E-state index is 0.00491. The average molecular weight is 311 g/mol. The second-order valence-electron chi connectivity index (χ2n) is 5.76. The lowest BCUT2D eigenvalue weighted by molar-refractivity contribution is -0.138. The van der Waals surface area contributed by atoms with Gasteiger partial charge in [0.2, 0.25) is 0 Å². The van der Waals surface area contributed by atoms with Gasteiger partial charge in [0.25, 0.3) is 0 Å². The highest BCUT2D eigenvalue weighted by molar-refractivity contribution is 5.76. The summed E-state index contributed by atoms with van der Waals surface area (Å²) in [7, 11) is 0. The van der Waals surface area contributed by atoms with Crippen molar-refractivity contribution in [3.8, 4) is 0 Å². The van der Waals surface area contributed by atoms with Gasteiger partial charge in [-0.25, -0.2) is 4.98 Å². The highest BCUT2D eigenvalue weighted by atomic mass is 19.4. The molecule has 0 unspecified atom stereocenters. The predicted molar refractivity (Wildman–Crippen MR) is 79.6 cm³/mol. The van der Waals surface area contributed by atoms with Gasteiger partial charge in [0.1, 0.15) is 5.82 Å². The van der Waals surface area contributed by atoms with E-state index in [4.69, 9.17) is 4.98 Å². The molecule has 0 N–H and O–H groups in total. The van der Waals surface area contributed by atoms with Crippen molar-refractivity contribution in [3.05, 3.63) is 30.1 Å². The number of alkyl halides is 3. The van der Waals surface area contributed by atoms with E-state index < -0.39 is 12.6 Å². The van der Waals surface area contributed by atoms with Crippen molar-refractivity contribution in [1.82, 2.24) is 14.5 Å². The van der Waals surface area contributed by atoms with Crippen LogP contribution in [0.15, 0.2) is 24.3 Å². The van der Waals surface area contributed by atoms with E-state index in [0.29, 0.717) is 6.54 Å². The molecule has 1 aliphatic rings. The number of aryl methyl sites for hydroxylation is 1. The fourth-order valence-electron chi connectivity index (χ4n) is 3.34. The predicted octanol–water partition coefficient (Wildman–Crippen LogP) is 4.15. The summed E-state index contributed by atoms with van der Waals surface area (Å²) in [6.07, 6.45) is -3.05. The number of likely N-dealkylation sites (tertiary alicyclic amines) is 1. The molecule has 0 amide bonds. The third-order valence-electron chi connectivity index (χ3n) is 4.34. The first-order valence-corrected chi connectivity index (χ1v) is 7.75. The highest BCUT2D eigenvalue weighted by Crippen LogP contribution is 2.34. The molecule has 6 heteroatoms. The normalized spacial score (nSPS) is 20.1. The van der Waals surface area contributed by atoms with Gasteiger partial charge in [-0.15, -0.1) is 0 Å². The molecule has 0 bridgehead atoms. The smallest absolute Gasteiger partial charge is 0.327 e. The number of nitrogens with zero attached hydrogens (tertiary/aromatic N) is 3. The number of para-hydroxylation sites is 2. The van der Waals surface area contributed by atoms with Gasteiger partial charge in [-0.1, -0.05) is 12.1 Å². The summed E-state index contributed by atoms with van der Waals surface area (Å²) in [4.78, 5) is 6.63. The molecule has 0 aliphatic carbocycles. The van der Waals surface area contributed by atoms with Gasteiger partial charge in [0.15, 0.2) is 0 Å². The molecule has 0 radical (unpaired) electrons. The lowest BCUT2D eigenvalue weighted by Gasteiger charge is -2.25. The van der Waals surface area contributed by atoms with E-state index >= 15 is 0 Å². The number of rotatable bonds is 4. The summed E-state index contributed by atoms with van der Waals surface area (Å²) in [5.74, 6) is 0.906. The van der Waals surface area contributed by atoms with E-state index in [2.05, 4.69) is 4.57 Å². The van der Waals surface area contributed by atoms with Gasteiger partial charge in [-0.05, 0) is 38.4 Å². The Labute approximate surface area is 127 Å². The van der Waals surface area contributed by atoms with Crippen molar-refractivity contribution in [2.45, 2.75) is 44.9 Å². The Balaban J connectivity index is 1.89. The molecule has 3 rings (SSSR count). The van der Waals surface area contributed by atoms with Crippen molar-refractivity contribution in [2.24, 2.45) is 0 Å². The molecular formula is C16H20F3N3. The summed E-state index contributed by atoms with van der Waals surface area (Å²) >= 11 is 0. The Hall–Kier alpha value is -1.56. The van der Waals surface area contributed by atoms with E-state index in [9.17, 15) is 13.2 Å². The van der Waals surface area contributed by atoms with Crippen LogP contribution in [0.25, 0.3) is 11.0 Å². The summed E-state index contributed by atoms with van der Waals surface area (Å²) in [5, 5.41) is 0. The van der Waals surface area contributed by atoms with Crippen LogP contribution in [0.2, 0.25) is 0 Å². The van der Waals surface area contributed by atoms with Crippen LogP contribution in [-0.4, -0.2) is 33.7 Å². The summed E-state index contributed by atoms with van der Waals surface area (Å²) in [6, 6.07) is 7.88. The Kier molecular flexibility index (Phi) is 4.12. The van der Waals surface area contributed by atoms with Crippen LogP contribution in [0.3, 0.4) is 0 Å². The monoisotopic (exact) mass is 311 g/mol. The van der Waals surface area contributed by atoms with E-state index in [1.54, 1.807) is 0 Å². The Morgan fingerprint density at radius 2 is 2.05 bits per heavy atom. The van der Waals surface area contributed by atoms with Crippen LogP contribution in [0.1, 0.15) is 38.1 Å². The van der Waals surface area contributed by atoms with Gasteiger partial charge in [0, 0.05) is 13.1 Å². The van der Waals surface area contributed by atoms with Crippen LogP contribution in [0.5, 0.6) is 0 Å². The van der Waals surface area contributed by atoms with Gasteiger partial charge in [-0.3, -0.25) is 4.90 Å². The molecule has 1 atom stereocenters. The van der Waals surface area contributed by atoms with E-state index in [0.717, 1.165) is 36.2 Å². The number of aromatic nitrogens is 2. The zero-order valence-electron chi connectivity index (χ0n) is 12.6. The molecule has 2 heterocycles. The highest BCUT2D eigenvalue weighted by Gasteiger charge is 2.34. The maximum Gasteiger partial charge on any atom is 0.390 e. The fraction of sp³-hybridized carbons (Fsp3) is 0.562. The molecule has 0 spiro atoms. The molecule has 1 aliphatic heterocycles. The van der Waals surface area contributed by atoms with Crippen molar-refractivity contribution in [2.75, 3.05) is 13.1 Å². The first kappa shape index (κ1) is 15.3. The van der Waals surface area contributed by atoms with Gasteiger partial charge in [-0.2, -0.15) is 13.2 Å². The Bertz CT molecular complexity index is 648. The summed E-state index contributed by atoms with van der Waals surface area (Å²) in [5.41, 5.74) is 1.98. The SMILES string of the molecule is CCn1c([C@@H]2CCCN2CCC(F)(F)F)nc2ccccc21. The molecular weight excluding hydrogens is 291 g/mol. The zero-order valence-corrected chi connectivity index (χ0v) is 12.6. The third kappa shape index (κ3) is 2.97. The molecule has 3 nitrogen and oxygen atoms in total. The number of benzene rings is 1. The molecule has 1 fully saturated rings. The quantitative estimate of drug-likeness (QED) is 0.846. The molecule has 1 saturated heterocycles. The van der Waals surface area contributed by atoms with Crippen LogP contribution in [0.4, 0.5) is 13.2 Å². The summed E-state index contributed by atoms with van der Waals surface area (Å²) < 4.78 is 39.6.